The Morgan fingerprint density at radius 1 is 0.806 bits per heavy atom. The molecule has 186 valence electrons. The van der Waals surface area contributed by atoms with Gasteiger partial charge in [0, 0.05) is 6.54 Å². The molecule has 0 saturated carbocycles. The molecule has 0 aliphatic carbocycles. The number of rotatable bonds is 21. The van der Waals surface area contributed by atoms with Crippen LogP contribution in [0.3, 0.4) is 0 Å². The maximum Gasteiger partial charge on any atom is 0.322 e. The van der Waals surface area contributed by atoms with Crippen molar-refractivity contribution >= 4 is 24.3 Å². The van der Waals surface area contributed by atoms with E-state index in [2.05, 4.69) is 19.2 Å². The third kappa shape index (κ3) is 25.1. The molecule has 0 fully saturated rings. The average Bonchev–Trinajstić information content (AvgIpc) is 2.70. The Morgan fingerprint density at radius 3 is 1.71 bits per heavy atom. The lowest BCUT2D eigenvalue weighted by molar-refractivity contribution is -0.145. The third-order valence-electron chi connectivity index (χ3n) is 5.48. The van der Waals surface area contributed by atoms with Crippen molar-refractivity contribution in [3.8, 4) is 0 Å². The van der Waals surface area contributed by atoms with E-state index in [4.69, 9.17) is 21.6 Å². The van der Waals surface area contributed by atoms with E-state index in [1.165, 1.54) is 77.0 Å². The minimum Gasteiger partial charge on any atom is -0.465 e. The fraction of sp³-hybridized carbons (Fsp3) is 0.917. The zero-order valence-electron chi connectivity index (χ0n) is 20.3. The van der Waals surface area contributed by atoms with E-state index in [0.717, 1.165) is 18.8 Å². The fourth-order valence-corrected chi connectivity index (χ4v) is 3.54. The summed E-state index contributed by atoms with van der Waals surface area (Å²) in [5.74, 6) is 0.475. The van der Waals surface area contributed by atoms with Crippen molar-refractivity contribution in [1.29, 1.82) is 5.41 Å². The molecule has 0 aliphatic rings. The zero-order valence-corrected chi connectivity index (χ0v) is 21.1. The van der Waals surface area contributed by atoms with E-state index in [-0.39, 0.29) is 24.3 Å². The van der Waals surface area contributed by atoms with Crippen molar-refractivity contribution < 1.29 is 9.53 Å². The average molecular weight is 463 g/mol. The van der Waals surface area contributed by atoms with Gasteiger partial charge in [0.1, 0.15) is 6.04 Å². The number of guanidine groups is 1. The Morgan fingerprint density at radius 2 is 1.26 bits per heavy atom. The maximum absolute atomic E-state index is 11.8. The van der Waals surface area contributed by atoms with E-state index >= 15 is 0 Å². The van der Waals surface area contributed by atoms with Crippen LogP contribution < -0.4 is 16.8 Å². The zero-order chi connectivity index (χ0) is 22.5. The number of nitrogens with two attached hydrogens (primary N) is 2. The summed E-state index contributed by atoms with van der Waals surface area (Å²) in [6.45, 7) is 5.64. The Bertz CT molecular complexity index is 422. The van der Waals surface area contributed by atoms with E-state index in [0.29, 0.717) is 26.0 Å². The van der Waals surface area contributed by atoms with Crippen molar-refractivity contribution in [2.24, 2.45) is 17.4 Å². The van der Waals surface area contributed by atoms with Gasteiger partial charge < -0.3 is 21.5 Å². The molecule has 1 atom stereocenters. The second-order valence-electron chi connectivity index (χ2n) is 9.04. The molecule has 7 heteroatoms. The molecule has 0 bridgehead atoms. The predicted octanol–water partition coefficient (Wildman–Crippen LogP) is 5.66. The Hall–Kier alpha value is -1.01. The van der Waals surface area contributed by atoms with Crippen LogP contribution in [0, 0.1) is 11.3 Å². The lowest BCUT2D eigenvalue weighted by atomic mass is 10.0. The van der Waals surface area contributed by atoms with E-state index in [1.54, 1.807) is 0 Å². The topological polar surface area (TPSA) is 114 Å². The first kappa shape index (κ1) is 32.2. The van der Waals surface area contributed by atoms with Crippen molar-refractivity contribution in [2.45, 2.75) is 123 Å². The van der Waals surface area contributed by atoms with Crippen molar-refractivity contribution in [1.82, 2.24) is 5.32 Å². The fourth-order valence-electron chi connectivity index (χ4n) is 3.54. The molecule has 0 aliphatic heterocycles. The highest BCUT2D eigenvalue weighted by atomic mass is 35.5. The number of carbonyl (C=O) groups excluding carboxylic acids is 1. The molecule has 0 heterocycles. The molecule has 0 saturated heterocycles. The number of nitrogens with one attached hydrogen (secondary N) is 2. The molecular weight excluding hydrogens is 412 g/mol. The van der Waals surface area contributed by atoms with Crippen LogP contribution in [0.5, 0.6) is 0 Å². The summed E-state index contributed by atoms with van der Waals surface area (Å²) in [5.41, 5.74) is 11.0. The molecule has 6 nitrogen and oxygen atoms in total. The first-order chi connectivity index (χ1) is 14.4. The highest BCUT2D eigenvalue weighted by Gasteiger charge is 2.14. The monoisotopic (exact) mass is 462 g/mol. The number of unbranched alkanes of at least 4 members (excludes halogenated alkanes) is 12. The van der Waals surface area contributed by atoms with Gasteiger partial charge in [-0.05, 0) is 25.2 Å². The van der Waals surface area contributed by atoms with Gasteiger partial charge in [-0.15, -0.1) is 12.4 Å². The smallest absolute Gasteiger partial charge is 0.322 e. The first-order valence-electron chi connectivity index (χ1n) is 12.4. The van der Waals surface area contributed by atoms with Gasteiger partial charge in [-0.3, -0.25) is 10.2 Å². The second-order valence-corrected chi connectivity index (χ2v) is 9.04. The summed E-state index contributed by atoms with van der Waals surface area (Å²) in [6.07, 6.45) is 19.7. The van der Waals surface area contributed by atoms with Crippen LogP contribution >= 0.6 is 12.4 Å². The van der Waals surface area contributed by atoms with Crippen LogP contribution in [0.1, 0.15) is 117 Å². The minimum atomic E-state index is -0.584. The molecule has 0 radical (unpaired) electrons. The standard InChI is InChI=1S/C24H50N4O2.ClH/c1-21(2)17-14-12-10-8-6-4-3-5-7-9-11-13-15-20-30-23(29)22(25)18-16-19-28-24(26)27;/h21-22H,3-20,25H2,1-2H3,(H4,26,27,28);1H/t22-;/m0./s1. The number of esters is 1. The molecular formula is C24H51ClN4O2. The van der Waals surface area contributed by atoms with Gasteiger partial charge in [-0.25, -0.2) is 0 Å². The summed E-state index contributed by atoms with van der Waals surface area (Å²) in [5, 5.41) is 9.75. The molecule has 31 heavy (non-hydrogen) atoms. The van der Waals surface area contributed by atoms with Crippen molar-refractivity contribution in [3.63, 3.8) is 0 Å². The van der Waals surface area contributed by atoms with Crippen LogP contribution in [-0.2, 0) is 9.53 Å². The Kier molecular flexibility index (Phi) is 24.5. The van der Waals surface area contributed by atoms with Gasteiger partial charge in [0.25, 0.3) is 0 Å². The summed E-state index contributed by atoms with van der Waals surface area (Å²) in [4.78, 5) is 11.8. The number of ether oxygens (including phenoxy) is 1. The summed E-state index contributed by atoms with van der Waals surface area (Å²) < 4.78 is 5.25. The van der Waals surface area contributed by atoms with Gasteiger partial charge in [0.05, 0.1) is 6.61 Å². The maximum atomic E-state index is 11.8. The number of halogens is 1. The van der Waals surface area contributed by atoms with Crippen LogP contribution in [0.4, 0.5) is 0 Å². The molecule has 0 aromatic rings. The number of carbonyl (C=O) groups is 1. The van der Waals surface area contributed by atoms with Crippen LogP contribution in [0.25, 0.3) is 0 Å². The summed E-state index contributed by atoms with van der Waals surface area (Å²) >= 11 is 0. The number of hydrogen-bond acceptors (Lipinski definition) is 4. The van der Waals surface area contributed by atoms with E-state index in [1.807, 2.05) is 0 Å². The largest absolute Gasteiger partial charge is 0.465 e. The van der Waals surface area contributed by atoms with Crippen molar-refractivity contribution in [3.05, 3.63) is 0 Å². The van der Waals surface area contributed by atoms with Gasteiger partial charge in [-0.2, -0.15) is 0 Å². The molecule has 0 spiro atoms. The van der Waals surface area contributed by atoms with Gasteiger partial charge in [0.2, 0.25) is 0 Å². The van der Waals surface area contributed by atoms with Crippen LogP contribution in [0.2, 0.25) is 0 Å². The van der Waals surface area contributed by atoms with Gasteiger partial charge >= 0.3 is 5.97 Å². The normalized spacial score (nSPS) is 11.7. The molecule has 0 aromatic carbocycles. The number of hydrogen-bond donors (Lipinski definition) is 4. The highest BCUT2D eigenvalue weighted by Crippen LogP contribution is 2.14. The van der Waals surface area contributed by atoms with E-state index < -0.39 is 6.04 Å². The highest BCUT2D eigenvalue weighted by molar-refractivity contribution is 5.85. The lowest BCUT2D eigenvalue weighted by Crippen LogP contribution is -2.35. The summed E-state index contributed by atoms with van der Waals surface area (Å²) in [7, 11) is 0. The summed E-state index contributed by atoms with van der Waals surface area (Å²) in [6, 6.07) is -0.584. The van der Waals surface area contributed by atoms with Gasteiger partial charge in [-0.1, -0.05) is 97.3 Å². The Balaban J connectivity index is 0. The van der Waals surface area contributed by atoms with Crippen molar-refractivity contribution in [2.75, 3.05) is 13.2 Å². The Labute approximate surface area is 197 Å². The predicted molar refractivity (Wildman–Crippen MR) is 135 cm³/mol. The molecule has 0 amide bonds. The van der Waals surface area contributed by atoms with Crippen LogP contribution in [-0.4, -0.2) is 31.1 Å². The van der Waals surface area contributed by atoms with E-state index in [9.17, 15) is 4.79 Å². The SMILES string of the molecule is CC(C)CCCCCCCCCCCCCCCOC(=O)[C@@H](N)CCCNC(=N)N.Cl. The lowest BCUT2D eigenvalue weighted by Gasteiger charge is -2.11. The second kappa shape index (κ2) is 23.6. The quantitative estimate of drug-likeness (QED) is 0.0760. The molecule has 6 N–H and O–H groups in total. The molecule has 0 aromatic heterocycles. The minimum absolute atomic E-state index is 0. The molecule has 0 unspecified atom stereocenters. The third-order valence-corrected chi connectivity index (χ3v) is 5.48. The molecule has 0 rings (SSSR count). The van der Waals surface area contributed by atoms with Crippen LogP contribution in [0.15, 0.2) is 0 Å². The first-order valence-corrected chi connectivity index (χ1v) is 12.4. The van der Waals surface area contributed by atoms with Gasteiger partial charge in [0.15, 0.2) is 5.96 Å².